The molecule has 3 aromatic rings. The van der Waals surface area contributed by atoms with Crippen molar-refractivity contribution in [2.75, 3.05) is 36.0 Å². The van der Waals surface area contributed by atoms with Crippen LogP contribution < -0.4 is 9.80 Å². The number of nitriles is 1. The molecule has 158 valence electrons. The summed E-state index contributed by atoms with van der Waals surface area (Å²) >= 11 is 0. The molecule has 0 bridgehead atoms. The fourth-order valence-electron chi connectivity index (χ4n) is 3.77. The molecule has 2 heterocycles. The molecule has 0 aliphatic carbocycles. The molecular weight excluding hydrogens is 390 g/mol. The minimum Gasteiger partial charge on any atom is -0.462 e. The summed E-state index contributed by atoms with van der Waals surface area (Å²) in [5.74, 6) is -1.13. The molecule has 0 saturated carbocycles. The van der Waals surface area contributed by atoms with Crippen LogP contribution in [-0.2, 0) is 9.53 Å². The number of esters is 1. The number of piperazine rings is 1. The van der Waals surface area contributed by atoms with Gasteiger partial charge < -0.3 is 14.5 Å². The normalized spacial score (nSPS) is 15.0. The van der Waals surface area contributed by atoms with Crippen molar-refractivity contribution in [1.29, 1.82) is 5.26 Å². The number of rotatable bonds is 5. The number of aromatic nitrogens is 2. The van der Waals surface area contributed by atoms with E-state index in [4.69, 9.17) is 9.72 Å². The first-order valence-corrected chi connectivity index (χ1v) is 10.5. The number of hydrogen-bond donors (Lipinski definition) is 0. The summed E-state index contributed by atoms with van der Waals surface area (Å²) in [6, 6.07) is 19.9. The minimum atomic E-state index is -1.12. The predicted molar refractivity (Wildman–Crippen MR) is 120 cm³/mol. The molecular formula is C24H25N5O2. The van der Waals surface area contributed by atoms with Gasteiger partial charge in [0.05, 0.1) is 23.2 Å². The Hall–Kier alpha value is -3.66. The molecule has 1 saturated heterocycles. The number of ether oxygens (including phenoxy) is 1. The third-order valence-corrected chi connectivity index (χ3v) is 5.27. The first kappa shape index (κ1) is 20.6. The van der Waals surface area contributed by atoms with Gasteiger partial charge in [-0.05, 0) is 38.1 Å². The zero-order chi connectivity index (χ0) is 21.8. The lowest BCUT2D eigenvalue weighted by Crippen LogP contribution is -2.47. The molecule has 0 radical (unpaired) electrons. The van der Waals surface area contributed by atoms with Gasteiger partial charge in [-0.3, -0.25) is 4.79 Å². The summed E-state index contributed by atoms with van der Waals surface area (Å²) in [7, 11) is 0. The maximum absolute atomic E-state index is 12.7. The Labute approximate surface area is 181 Å². The topological polar surface area (TPSA) is 82.3 Å². The van der Waals surface area contributed by atoms with E-state index >= 15 is 0 Å². The number of para-hydroxylation sites is 3. The first-order chi connectivity index (χ1) is 15.1. The van der Waals surface area contributed by atoms with Crippen LogP contribution in [0.3, 0.4) is 0 Å². The second-order valence-electron chi connectivity index (χ2n) is 7.78. The number of fused-ring (bicyclic) bond motifs is 1. The van der Waals surface area contributed by atoms with Crippen molar-refractivity contribution in [3.05, 3.63) is 60.3 Å². The van der Waals surface area contributed by atoms with Crippen LogP contribution in [0.4, 0.5) is 11.5 Å². The largest absolute Gasteiger partial charge is 0.462 e. The molecule has 0 N–H and O–H groups in total. The Morgan fingerprint density at radius 3 is 2.13 bits per heavy atom. The number of carbonyl (C=O) groups is 1. The average Bonchev–Trinajstić information content (AvgIpc) is 2.79. The summed E-state index contributed by atoms with van der Waals surface area (Å²) < 4.78 is 5.33. The van der Waals surface area contributed by atoms with Gasteiger partial charge in [0, 0.05) is 31.9 Å². The Morgan fingerprint density at radius 2 is 1.52 bits per heavy atom. The molecule has 7 nitrogen and oxygen atoms in total. The molecule has 2 aromatic carbocycles. The number of anilines is 2. The fourth-order valence-corrected chi connectivity index (χ4v) is 3.77. The van der Waals surface area contributed by atoms with Gasteiger partial charge in [0.15, 0.2) is 11.7 Å². The monoisotopic (exact) mass is 415 g/mol. The summed E-state index contributed by atoms with van der Waals surface area (Å²) in [4.78, 5) is 26.6. The number of nitrogens with zero attached hydrogens (tertiary/aromatic N) is 5. The van der Waals surface area contributed by atoms with E-state index in [9.17, 15) is 10.1 Å². The van der Waals surface area contributed by atoms with Gasteiger partial charge in [0.2, 0.25) is 0 Å². The number of benzene rings is 2. The quantitative estimate of drug-likeness (QED) is 0.590. The summed E-state index contributed by atoms with van der Waals surface area (Å²) in [6.45, 7) is 6.58. The van der Waals surface area contributed by atoms with Crippen LogP contribution in [0.2, 0.25) is 0 Å². The minimum absolute atomic E-state index is 0.311. The van der Waals surface area contributed by atoms with Crippen LogP contribution >= 0.6 is 0 Å². The Kier molecular flexibility index (Phi) is 5.99. The van der Waals surface area contributed by atoms with E-state index in [0.29, 0.717) is 30.1 Å². The van der Waals surface area contributed by atoms with E-state index in [1.807, 2.05) is 42.5 Å². The highest BCUT2D eigenvalue weighted by Crippen LogP contribution is 2.29. The standard InChI is InChI=1S/C24H25N5O2/c1-17(2)31-24(30)19(16-25)22-23(27-21-11-7-6-10-20(21)26-22)29-14-12-28(13-15-29)18-8-4-3-5-9-18/h3-11,17,19H,12-15H2,1-2H3. The van der Waals surface area contributed by atoms with Crippen LogP contribution in [0.5, 0.6) is 0 Å². The molecule has 1 unspecified atom stereocenters. The van der Waals surface area contributed by atoms with E-state index in [2.05, 4.69) is 33.0 Å². The highest BCUT2D eigenvalue weighted by Gasteiger charge is 2.31. The van der Waals surface area contributed by atoms with Crippen molar-refractivity contribution in [3.63, 3.8) is 0 Å². The van der Waals surface area contributed by atoms with Crippen molar-refractivity contribution >= 4 is 28.5 Å². The Bertz CT molecular complexity index is 1100. The maximum Gasteiger partial charge on any atom is 0.329 e. The van der Waals surface area contributed by atoms with Crippen LogP contribution in [0, 0.1) is 11.3 Å². The Morgan fingerprint density at radius 1 is 0.935 bits per heavy atom. The second kappa shape index (κ2) is 9.00. The van der Waals surface area contributed by atoms with Crippen molar-refractivity contribution in [1.82, 2.24) is 9.97 Å². The Balaban J connectivity index is 1.67. The zero-order valence-electron chi connectivity index (χ0n) is 17.7. The second-order valence-corrected chi connectivity index (χ2v) is 7.78. The molecule has 1 aliphatic rings. The third-order valence-electron chi connectivity index (χ3n) is 5.27. The lowest BCUT2D eigenvalue weighted by atomic mass is 10.1. The maximum atomic E-state index is 12.7. The summed E-state index contributed by atoms with van der Waals surface area (Å²) in [5.41, 5.74) is 2.94. The van der Waals surface area contributed by atoms with Crippen molar-refractivity contribution in [2.24, 2.45) is 0 Å². The highest BCUT2D eigenvalue weighted by molar-refractivity contribution is 5.85. The van der Waals surface area contributed by atoms with Crippen LogP contribution in [0.25, 0.3) is 11.0 Å². The molecule has 0 amide bonds. The first-order valence-electron chi connectivity index (χ1n) is 10.5. The van der Waals surface area contributed by atoms with E-state index in [0.717, 1.165) is 18.6 Å². The zero-order valence-corrected chi connectivity index (χ0v) is 17.7. The van der Waals surface area contributed by atoms with Gasteiger partial charge in [-0.25, -0.2) is 9.97 Å². The fraction of sp³-hybridized carbons (Fsp3) is 0.333. The van der Waals surface area contributed by atoms with E-state index in [1.165, 1.54) is 5.69 Å². The smallest absolute Gasteiger partial charge is 0.329 e. The molecule has 31 heavy (non-hydrogen) atoms. The molecule has 1 aromatic heterocycles. The summed E-state index contributed by atoms with van der Waals surface area (Å²) in [5, 5.41) is 9.80. The molecule has 0 spiro atoms. The van der Waals surface area contributed by atoms with Gasteiger partial charge in [-0.15, -0.1) is 0 Å². The SMILES string of the molecule is CC(C)OC(=O)C(C#N)c1nc2ccccc2nc1N1CCN(c2ccccc2)CC1. The van der Waals surface area contributed by atoms with Crippen LogP contribution in [0.15, 0.2) is 54.6 Å². The summed E-state index contributed by atoms with van der Waals surface area (Å²) in [6.07, 6.45) is -0.311. The predicted octanol–water partition coefficient (Wildman–Crippen LogP) is 3.52. The van der Waals surface area contributed by atoms with Crippen LogP contribution in [-0.4, -0.2) is 48.2 Å². The lowest BCUT2D eigenvalue weighted by Gasteiger charge is -2.37. The molecule has 1 fully saturated rings. The van der Waals surface area contributed by atoms with Crippen LogP contribution in [0.1, 0.15) is 25.5 Å². The molecule has 7 heteroatoms. The van der Waals surface area contributed by atoms with Gasteiger partial charge in [0.25, 0.3) is 0 Å². The van der Waals surface area contributed by atoms with Gasteiger partial charge in [-0.1, -0.05) is 30.3 Å². The van der Waals surface area contributed by atoms with E-state index in [-0.39, 0.29) is 6.10 Å². The average molecular weight is 415 g/mol. The molecule has 1 aliphatic heterocycles. The molecule has 4 rings (SSSR count). The lowest BCUT2D eigenvalue weighted by molar-refractivity contribution is -0.147. The van der Waals surface area contributed by atoms with E-state index in [1.54, 1.807) is 13.8 Å². The number of carbonyl (C=O) groups excluding carboxylic acids is 1. The van der Waals surface area contributed by atoms with Gasteiger partial charge >= 0.3 is 5.97 Å². The van der Waals surface area contributed by atoms with Crippen molar-refractivity contribution in [2.45, 2.75) is 25.9 Å². The highest BCUT2D eigenvalue weighted by atomic mass is 16.5. The molecule has 1 atom stereocenters. The van der Waals surface area contributed by atoms with Gasteiger partial charge in [-0.2, -0.15) is 5.26 Å². The third kappa shape index (κ3) is 4.43. The van der Waals surface area contributed by atoms with Gasteiger partial charge in [0.1, 0.15) is 5.69 Å². The van der Waals surface area contributed by atoms with Crippen molar-refractivity contribution < 1.29 is 9.53 Å². The number of hydrogen-bond acceptors (Lipinski definition) is 7. The van der Waals surface area contributed by atoms with Crippen molar-refractivity contribution in [3.8, 4) is 6.07 Å². The van der Waals surface area contributed by atoms with E-state index < -0.39 is 11.9 Å².